The Balaban J connectivity index is 0.00000128. The largest absolute Gasteiger partial charge is 1.00 e. The zero-order valence-corrected chi connectivity index (χ0v) is 17.6. The predicted molar refractivity (Wildman–Crippen MR) is 62.1 cm³/mol. The van der Waals surface area contributed by atoms with Crippen LogP contribution in [-0.4, -0.2) is 0 Å². The molecule has 2 aliphatic carbocycles. The van der Waals surface area contributed by atoms with Crippen LogP contribution in [0.2, 0.25) is 0 Å². The third-order valence-corrected chi connectivity index (χ3v) is 9.94. The van der Waals surface area contributed by atoms with E-state index >= 15 is 0 Å². The summed E-state index contributed by atoms with van der Waals surface area (Å²) in [6.45, 7) is 9.13. The summed E-state index contributed by atoms with van der Waals surface area (Å²) in [6, 6.07) is 0. The molecule has 0 aliphatic heterocycles. The Kier molecular flexibility index (Phi) is 7.74. The number of rotatable bonds is 2. The van der Waals surface area contributed by atoms with E-state index in [1.54, 1.807) is 11.1 Å². The van der Waals surface area contributed by atoms with E-state index < -0.39 is 22.9 Å². The summed E-state index contributed by atoms with van der Waals surface area (Å²) in [5, 5.41) is 0. The molecule has 0 bridgehead atoms. The standard InChI is InChI=1S/2C7H9.2BrH.Hf/c2*1-6-4-3-5-7(6)2;;;/h2*4H,3H2,1-2H3;2*1H;/q;;;;+2/p-2. The maximum Gasteiger partial charge on any atom is -1.00 e. The van der Waals surface area contributed by atoms with Crippen LogP contribution in [0.3, 0.4) is 0 Å². The number of hydrogen-bond acceptors (Lipinski definition) is 0. The molecule has 92 valence electrons. The maximum absolute atomic E-state index is 2.41. The third-order valence-electron chi connectivity index (χ3n) is 3.61. The average Bonchev–Trinajstić information content (AvgIpc) is 2.68. The molecular weight excluding hydrogens is 506 g/mol. The molecule has 0 amide bonds. The SMILES string of the molecule is CC1=CC[C]([Hf+2][C]2=C(C)C(C)=CC2)=C1C.[Br-].[Br-]. The molecule has 0 aromatic rings. The molecule has 2 aliphatic rings. The quantitative estimate of drug-likeness (QED) is 0.379. The summed E-state index contributed by atoms with van der Waals surface area (Å²) in [6.07, 6.45) is 7.33. The fourth-order valence-electron chi connectivity index (χ4n) is 2.07. The summed E-state index contributed by atoms with van der Waals surface area (Å²) in [5.41, 5.74) is 6.28. The van der Waals surface area contributed by atoms with Crippen LogP contribution in [0.1, 0.15) is 40.5 Å². The summed E-state index contributed by atoms with van der Waals surface area (Å²) in [7, 11) is 0. The van der Waals surface area contributed by atoms with E-state index in [0.29, 0.717) is 0 Å². The summed E-state index contributed by atoms with van der Waals surface area (Å²) < 4.78 is 3.65. The van der Waals surface area contributed by atoms with Gasteiger partial charge in [0.2, 0.25) is 0 Å². The summed E-state index contributed by atoms with van der Waals surface area (Å²) >= 11 is -0.672. The summed E-state index contributed by atoms with van der Waals surface area (Å²) in [5.74, 6) is 0. The number of hydrogen-bond donors (Lipinski definition) is 0. The molecule has 17 heavy (non-hydrogen) atoms. The van der Waals surface area contributed by atoms with Gasteiger partial charge in [-0.15, -0.1) is 0 Å². The van der Waals surface area contributed by atoms with E-state index in [2.05, 4.69) is 39.8 Å². The van der Waals surface area contributed by atoms with Gasteiger partial charge in [-0.1, -0.05) is 0 Å². The molecule has 0 spiro atoms. The van der Waals surface area contributed by atoms with Crippen molar-refractivity contribution in [3.8, 4) is 0 Å². The molecule has 0 aromatic heterocycles. The van der Waals surface area contributed by atoms with Crippen molar-refractivity contribution in [1.82, 2.24) is 0 Å². The van der Waals surface area contributed by atoms with Gasteiger partial charge in [0, 0.05) is 0 Å². The molecule has 0 saturated heterocycles. The van der Waals surface area contributed by atoms with Crippen molar-refractivity contribution in [3.05, 3.63) is 41.1 Å². The van der Waals surface area contributed by atoms with Crippen molar-refractivity contribution in [2.75, 3.05) is 0 Å². The second-order valence-electron chi connectivity index (χ2n) is 4.51. The van der Waals surface area contributed by atoms with Gasteiger partial charge in [-0.3, -0.25) is 0 Å². The maximum atomic E-state index is 2.41. The van der Waals surface area contributed by atoms with Gasteiger partial charge in [0.1, 0.15) is 0 Å². The molecule has 0 fully saturated rings. The van der Waals surface area contributed by atoms with Crippen LogP contribution >= 0.6 is 0 Å². The van der Waals surface area contributed by atoms with Crippen LogP contribution in [0, 0.1) is 0 Å². The van der Waals surface area contributed by atoms with Crippen LogP contribution in [0.5, 0.6) is 0 Å². The van der Waals surface area contributed by atoms with Gasteiger partial charge in [-0.05, 0) is 0 Å². The summed E-state index contributed by atoms with van der Waals surface area (Å²) in [4.78, 5) is 0. The zero-order valence-electron chi connectivity index (χ0n) is 10.8. The molecule has 0 atom stereocenters. The zero-order chi connectivity index (χ0) is 11.0. The van der Waals surface area contributed by atoms with Gasteiger partial charge in [-0.25, -0.2) is 0 Å². The van der Waals surface area contributed by atoms with E-state index in [-0.39, 0.29) is 34.0 Å². The van der Waals surface area contributed by atoms with Gasteiger partial charge in [-0.2, -0.15) is 0 Å². The van der Waals surface area contributed by atoms with Crippen molar-refractivity contribution in [3.63, 3.8) is 0 Å². The van der Waals surface area contributed by atoms with E-state index in [9.17, 15) is 0 Å². The Bertz CT molecular complexity index is 386. The van der Waals surface area contributed by atoms with E-state index in [1.165, 1.54) is 24.0 Å². The predicted octanol–water partition coefficient (Wildman–Crippen LogP) is -1.68. The topological polar surface area (TPSA) is 0 Å². The van der Waals surface area contributed by atoms with Gasteiger partial charge in [0.25, 0.3) is 0 Å². The molecule has 0 nitrogen and oxygen atoms in total. The Labute approximate surface area is 137 Å². The average molecular weight is 525 g/mol. The molecule has 0 aromatic carbocycles. The van der Waals surface area contributed by atoms with Gasteiger partial charge >= 0.3 is 105 Å². The van der Waals surface area contributed by atoms with Crippen LogP contribution in [0.25, 0.3) is 0 Å². The fourth-order valence-corrected chi connectivity index (χ4v) is 7.61. The minimum absolute atomic E-state index is 0. The molecule has 0 unspecified atom stereocenters. The van der Waals surface area contributed by atoms with Crippen molar-refractivity contribution < 1.29 is 56.9 Å². The smallest absolute Gasteiger partial charge is 1.00 e. The van der Waals surface area contributed by atoms with E-state index in [1.807, 2.05) is 6.66 Å². The van der Waals surface area contributed by atoms with Crippen LogP contribution < -0.4 is 34.0 Å². The van der Waals surface area contributed by atoms with Crippen molar-refractivity contribution >= 4 is 0 Å². The Morgan fingerprint density at radius 1 is 0.765 bits per heavy atom. The first-order valence-corrected chi connectivity index (χ1v) is 9.19. The van der Waals surface area contributed by atoms with Crippen LogP contribution in [-0.2, 0) is 22.9 Å². The molecule has 0 heterocycles. The van der Waals surface area contributed by atoms with E-state index in [4.69, 9.17) is 0 Å². The van der Waals surface area contributed by atoms with Crippen LogP contribution in [0.4, 0.5) is 0 Å². The van der Waals surface area contributed by atoms with Crippen molar-refractivity contribution in [1.29, 1.82) is 0 Å². The number of halogens is 2. The normalized spacial score (nSPS) is 18.4. The molecule has 3 heteroatoms. The van der Waals surface area contributed by atoms with Crippen LogP contribution in [0.15, 0.2) is 41.1 Å². The second-order valence-corrected chi connectivity index (χ2v) is 9.75. The second kappa shape index (κ2) is 7.40. The van der Waals surface area contributed by atoms with Gasteiger partial charge in [0.05, 0.1) is 0 Å². The molecule has 0 radical (unpaired) electrons. The van der Waals surface area contributed by atoms with Gasteiger partial charge < -0.3 is 34.0 Å². The van der Waals surface area contributed by atoms with Gasteiger partial charge in [0.15, 0.2) is 0 Å². The first-order chi connectivity index (χ1) is 7.09. The number of allylic oxidation sites excluding steroid dienone is 8. The Morgan fingerprint density at radius 2 is 1.12 bits per heavy atom. The minimum Gasteiger partial charge on any atom is -1.00 e. The molecule has 2 rings (SSSR count). The Hall–Kier alpha value is 0.790. The fraction of sp³-hybridized carbons (Fsp3) is 0.429. The first-order valence-electron chi connectivity index (χ1n) is 5.60. The first kappa shape index (κ1) is 17.8. The Morgan fingerprint density at radius 3 is 1.35 bits per heavy atom. The molecular formula is C14H18Br2Hf. The van der Waals surface area contributed by atoms with Crippen molar-refractivity contribution in [2.24, 2.45) is 0 Å². The third kappa shape index (κ3) is 3.87. The molecule has 0 saturated carbocycles. The molecule has 0 N–H and O–H groups in total. The van der Waals surface area contributed by atoms with Crippen molar-refractivity contribution in [2.45, 2.75) is 40.5 Å². The van der Waals surface area contributed by atoms with E-state index in [0.717, 1.165) is 0 Å². The monoisotopic (exact) mass is 524 g/mol. The minimum atomic E-state index is -0.672.